The first kappa shape index (κ1) is 21.7. The zero-order chi connectivity index (χ0) is 22.9. The van der Waals surface area contributed by atoms with Gasteiger partial charge in [-0.05, 0) is 63.4 Å². The van der Waals surface area contributed by atoms with Crippen LogP contribution in [0.3, 0.4) is 0 Å². The van der Waals surface area contributed by atoms with Crippen molar-refractivity contribution >= 4 is 23.1 Å². The Morgan fingerprint density at radius 1 is 1.24 bits per heavy atom. The fourth-order valence-corrected chi connectivity index (χ4v) is 4.56. The highest BCUT2D eigenvalue weighted by molar-refractivity contribution is 6.01. The normalized spacial score (nSPS) is 20.1. The van der Waals surface area contributed by atoms with E-state index in [4.69, 9.17) is 13.9 Å². The molecule has 0 saturated carbocycles. The van der Waals surface area contributed by atoms with Crippen LogP contribution in [0.5, 0.6) is 0 Å². The first-order chi connectivity index (χ1) is 16.0. The molecule has 7 heteroatoms. The number of carbonyl (C=O) groups excluding carboxylic acids is 1. The molecular weight excluding hydrogens is 418 g/mol. The number of carbonyl (C=O) groups is 1. The number of fused-ring (bicyclic) bond motifs is 2. The number of amides is 1. The van der Waals surface area contributed by atoms with Crippen molar-refractivity contribution in [1.82, 2.24) is 4.98 Å². The quantitative estimate of drug-likeness (QED) is 0.591. The van der Waals surface area contributed by atoms with Gasteiger partial charge in [-0.2, -0.15) is 0 Å². The fraction of sp³-hybridized carbons (Fsp3) is 0.385. The predicted octanol–water partition coefficient (Wildman–Crippen LogP) is 5.21. The number of hydrogen-bond acceptors (Lipinski definition) is 6. The van der Waals surface area contributed by atoms with E-state index in [0.29, 0.717) is 19.6 Å². The average Bonchev–Trinajstić information content (AvgIpc) is 3.16. The first-order valence-corrected chi connectivity index (χ1v) is 11.5. The van der Waals surface area contributed by atoms with E-state index in [1.165, 1.54) is 0 Å². The summed E-state index contributed by atoms with van der Waals surface area (Å²) in [6.45, 7) is 6.82. The van der Waals surface area contributed by atoms with E-state index in [-0.39, 0.29) is 18.1 Å². The molecule has 2 aliphatic rings. The Bertz CT molecular complexity index is 1150. The first-order valence-electron chi connectivity index (χ1n) is 11.5. The van der Waals surface area contributed by atoms with E-state index >= 15 is 0 Å². The minimum Gasteiger partial charge on any atom is -0.469 e. The molecule has 7 nitrogen and oxygen atoms in total. The molecule has 0 bridgehead atoms. The zero-order valence-corrected chi connectivity index (χ0v) is 19.2. The van der Waals surface area contributed by atoms with Crippen LogP contribution in [0.2, 0.25) is 0 Å². The lowest BCUT2D eigenvalue weighted by atomic mass is 10.0. The SMILES string of the molecule is Cc1occc1-c1ccc2c(c1)N(C(=O)[C@H]1CC[C@H](OC(C)C)CO1)Cc1cccnc1N2. The molecule has 2 atom stereocenters. The van der Waals surface area contributed by atoms with Crippen LogP contribution >= 0.6 is 0 Å². The second-order valence-electron chi connectivity index (χ2n) is 8.89. The standard InChI is InChI=1S/C26H29N3O4/c1-16(2)33-20-7-9-24(32-15-20)26(30)29-14-19-5-4-11-27-25(19)28-22-8-6-18(13-23(22)29)21-10-12-31-17(21)3/h4-6,8,10-13,16,20,24H,7,9,14-15H2,1-3H3,(H,27,28)/t20-,24+/m0/s1. The Morgan fingerprint density at radius 3 is 2.85 bits per heavy atom. The van der Waals surface area contributed by atoms with E-state index in [9.17, 15) is 4.79 Å². The Labute approximate surface area is 193 Å². The molecular formula is C26H29N3O4. The number of rotatable bonds is 4. The van der Waals surface area contributed by atoms with Gasteiger partial charge in [0, 0.05) is 17.3 Å². The minimum atomic E-state index is -0.498. The van der Waals surface area contributed by atoms with Gasteiger partial charge in [-0.3, -0.25) is 4.79 Å². The van der Waals surface area contributed by atoms with Crippen molar-refractivity contribution in [2.45, 2.75) is 58.5 Å². The van der Waals surface area contributed by atoms with Crippen molar-refractivity contribution in [2.75, 3.05) is 16.8 Å². The number of hydrogen-bond donors (Lipinski definition) is 1. The number of nitrogens with zero attached hydrogens (tertiary/aromatic N) is 2. The van der Waals surface area contributed by atoms with Crippen molar-refractivity contribution < 1.29 is 18.7 Å². The van der Waals surface area contributed by atoms with Crippen molar-refractivity contribution in [2.24, 2.45) is 0 Å². The van der Waals surface area contributed by atoms with Gasteiger partial charge >= 0.3 is 0 Å². The summed E-state index contributed by atoms with van der Waals surface area (Å²) in [4.78, 5) is 20.1. The van der Waals surface area contributed by atoms with Gasteiger partial charge in [-0.25, -0.2) is 4.98 Å². The van der Waals surface area contributed by atoms with Crippen molar-refractivity contribution in [1.29, 1.82) is 0 Å². The summed E-state index contributed by atoms with van der Waals surface area (Å²) in [5.74, 6) is 1.56. The van der Waals surface area contributed by atoms with Gasteiger partial charge in [0.15, 0.2) is 0 Å². The van der Waals surface area contributed by atoms with Crippen LogP contribution in [0.1, 0.15) is 38.0 Å². The highest BCUT2D eigenvalue weighted by Gasteiger charge is 2.34. The van der Waals surface area contributed by atoms with Gasteiger partial charge in [0.1, 0.15) is 17.7 Å². The molecule has 0 unspecified atom stereocenters. The molecule has 0 aliphatic carbocycles. The third kappa shape index (κ3) is 4.38. The summed E-state index contributed by atoms with van der Waals surface area (Å²) < 4.78 is 17.4. The maximum Gasteiger partial charge on any atom is 0.256 e. The van der Waals surface area contributed by atoms with Crippen LogP contribution in [0.25, 0.3) is 11.1 Å². The third-order valence-electron chi connectivity index (χ3n) is 6.17. The molecule has 4 heterocycles. The topological polar surface area (TPSA) is 76.8 Å². The Hall–Kier alpha value is -3.16. The van der Waals surface area contributed by atoms with E-state index in [2.05, 4.69) is 10.3 Å². The molecule has 1 aromatic carbocycles. The molecule has 3 aromatic rings. The number of pyridine rings is 1. The lowest BCUT2D eigenvalue weighted by Gasteiger charge is -2.33. The second kappa shape index (κ2) is 9.00. The number of aromatic nitrogens is 1. The summed E-state index contributed by atoms with van der Waals surface area (Å²) in [7, 11) is 0. The molecule has 1 fully saturated rings. The van der Waals surface area contributed by atoms with E-state index in [0.717, 1.165) is 46.1 Å². The summed E-state index contributed by atoms with van der Waals surface area (Å²) in [6, 6.07) is 11.9. The Balaban J connectivity index is 1.48. The maximum absolute atomic E-state index is 13.8. The summed E-state index contributed by atoms with van der Waals surface area (Å²) >= 11 is 0. The third-order valence-corrected chi connectivity index (χ3v) is 6.17. The van der Waals surface area contributed by atoms with Crippen molar-refractivity contribution in [3.05, 3.63) is 60.2 Å². The number of furan rings is 1. The molecule has 0 radical (unpaired) electrons. The van der Waals surface area contributed by atoms with Gasteiger partial charge < -0.3 is 24.1 Å². The fourth-order valence-electron chi connectivity index (χ4n) is 4.56. The lowest BCUT2D eigenvalue weighted by Crippen LogP contribution is -2.44. The van der Waals surface area contributed by atoms with Gasteiger partial charge in [-0.1, -0.05) is 12.1 Å². The zero-order valence-electron chi connectivity index (χ0n) is 19.2. The molecule has 2 aliphatic heterocycles. The Kier molecular flexibility index (Phi) is 5.91. The molecule has 172 valence electrons. The smallest absolute Gasteiger partial charge is 0.256 e. The number of nitrogens with one attached hydrogen (secondary N) is 1. The van der Waals surface area contributed by atoms with Gasteiger partial charge in [0.05, 0.1) is 43.0 Å². The largest absolute Gasteiger partial charge is 0.469 e. The Morgan fingerprint density at radius 2 is 2.12 bits per heavy atom. The minimum absolute atomic E-state index is 0.0349. The molecule has 0 spiro atoms. The summed E-state index contributed by atoms with van der Waals surface area (Å²) in [5, 5.41) is 3.42. The highest BCUT2D eigenvalue weighted by atomic mass is 16.5. The van der Waals surface area contributed by atoms with E-state index in [1.54, 1.807) is 12.5 Å². The van der Waals surface area contributed by atoms with Crippen LogP contribution in [0, 0.1) is 6.92 Å². The number of anilines is 3. The average molecular weight is 448 g/mol. The maximum atomic E-state index is 13.8. The number of aryl methyl sites for hydroxylation is 1. The van der Waals surface area contributed by atoms with Gasteiger partial charge in [0.25, 0.3) is 5.91 Å². The van der Waals surface area contributed by atoms with Crippen molar-refractivity contribution in [3.8, 4) is 11.1 Å². The molecule has 33 heavy (non-hydrogen) atoms. The number of ether oxygens (including phenoxy) is 2. The summed E-state index contributed by atoms with van der Waals surface area (Å²) in [5.41, 5.74) is 4.60. The van der Waals surface area contributed by atoms with Crippen LogP contribution in [-0.4, -0.2) is 35.8 Å². The lowest BCUT2D eigenvalue weighted by molar-refractivity contribution is -0.143. The molecule has 5 rings (SSSR count). The van der Waals surface area contributed by atoms with Gasteiger partial charge in [0.2, 0.25) is 0 Å². The van der Waals surface area contributed by atoms with Crippen LogP contribution in [-0.2, 0) is 20.8 Å². The predicted molar refractivity (Wildman–Crippen MR) is 127 cm³/mol. The van der Waals surface area contributed by atoms with E-state index in [1.807, 2.05) is 62.1 Å². The molecule has 1 saturated heterocycles. The monoisotopic (exact) mass is 447 g/mol. The van der Waals surface area contributed by atoms with E-state index < -0.39 is 6.10 Å². The highest BCUT2D eigenvalue weighted by Crippen LogP contribution is 2.39. The van der Waals surface area contributed by atoms with Crippen molar-refractivity contribution in [3.63, 3.8) is 0 Å². The molecule has 1 amide bonds. The van der Waals surface area contributed by atoms with Crippen LogP contribution in [0.4, 0.5) is 17.2 Å². The van der Waals surface area contributed by atoms with Crippen LogP contribution in [0.15, 0.2) is 53.3 Å². The van der Waals surface area contributed by atoms with Gasteiger partial charge in [-0.15, -0.1) is 0 Å². The van der Waals surface area contributed by atoms with Crippen LogP contribution < -0.4 is 10.2 Å². The second-order valence-corrected chi connectivity index (χ2v) is 8.89. The molecule has 1 N–H and O–H groups in total. The molecule has 2 aromatic heterocycles. The number of benzene rings is 1. The summed E-state index contributed by atoms with van der Waals surface area (Å²) in [6.07, 6.45) is 4.56.